The van der Waals surface area contributed by atoms with Crippen molar-refractivity contribution in [3.05, 3.63) is 72.9 Å². The van der Waals surface area contributed by atoms with Crippen molar-refractivity contribution >= 4 is 19.8 Å². The molecule has 2 atom stereocenters. The second kappa shape index (κ2) is 74.7. The number of unbranched alkanes of at least 4 members (excludes halogenated alkanes) is 50. The van der Waals surface area contributed by atoms with Gasteiger partial charge in [-0.3, -0.25) is 14.2 Å². The van der Waals surface area contributed by atoms with Gasteiger partial charge in [-0.1, -0.05) is 395 Å². The molecular weight excluding hydrogens is 1180 g/mol. The van der Waals surface area contributed by atoms with Crippen LogP contribution in [0.2, 0.25) is 0 Å². The van der Waals surface area contributed by atoms with Crippen LogP contribution >= 0.6 is 7.82 Å². The van der Waals surface area contributed by atoms with Gasteiger partial charge in [-0.15, -0.1) is 0 Å². The van der Waals surface area contributed by atoms with E-state index in [1.807, 2.05) is 21.1 Å². The lowest BCUT2D eigenvalue weighted by Crippen LogP contribution is -2.37. The number of carbonyl (C=O) groups excluding carboxylic acids is 2. The number of hydrogen-bond donors (Lipinski definition) is 0. The van der Waals surface area contributed by atoms with Crippen LogP contribution in [0.25, 0.3) is 0 Å². The van der Waals surface area contributed by atoms with Crippen molar-refractivity contribution in [2.75, 3.05) is 47.5 Å². The number of phosphoric acid groups is 1. The van der Waals surface area contributed by atoms with Gasteiger partial charge in [0.15, 0.2) is 6.10 Å². The van der Waals surface area contributed by atoms with E-state index in [0.29, 0.717) is 17.4 Å². The molecule has 0 spiro atoms. The molecule has 0 saturated heterocycles. The quantitative estimate of drug-likeness (QED) is 0.0195. The Balaban J connectivity index is 3.90. The molecule has 9 nitrogen and oxygen atoms in total. The van der Waals surface area contributed by atoms with E-state index in [1.54, 1.807) is 0 Å². The summed E-state index contributed by atoms with van der Waals surface area (Å²) in [4.78, 5) is 38.2. The van der Waals surface area contributed by atoms with Crippen molar-refractivity contribution in [1.29, 1.82) is 0 Å². The second-order valence-corrected chi connectivity index (χ2v) is 30.2. The van der Waals surface area contributed by atoms with Crippen LogP contribution in [0.4, 0.5) is 0 Å². The van der Waals surface area contributed by atoms with E-state index in [9.17, 15) is 19.0 Å². The van der Waals surface area contributed by atoms with Gasteiger partial charge >= 0.3 is 11.9 Å². The Bertz CT molecular complexity index is 1820. The van der Waals surface area contributed by atoms with Crippen molar-refractivity contribution in [3.63, 3.8) is 0 Å². The Labute approximate surface area is 584 Å². The van der Waals surface area contributed by atoms with Crippen molar-refractivity contribution < 1.29 is 42.1 Å². The highest BCUT2D eigenvalue weighted by atomic mass is 31.2. The Morgan fingerprint density at radius 3 is 0.904 bits per heavy atom. The molecule has 0 aliphatic carbocycles. The zero-order valence-electron chi connectivity index (χ0n) is 62.9. The third-order valence-electron chi connectivity index (χ3n) is 18.2. The first kappa shape index (κ1) is 91.4. The summed E-state index contributed by atoms with van der Waals surface area (Å²) in [6.45, 7) is 4.18. The molecule has 0 saturated carbocycles. The number of rotatable bonds is 76. The minimum Gasteiger partial charge on any atom is -0.756 e. The average Bonchev–Trinajstić information content (AvgIpc) is 1.65. The summed E-state index contributed by atoms with van der Waals surface area (Å²) in [7, 11) is 1.17. The summed E-state index contributed by atoms with van der Waals surface area (Å²) in [6.07, 6.45) is 102. The van der Waals surface area contributed by atoms with Gasteiger partial charge in [0.1, 0.15) is 19.8 Å². The van der Waals surface area contributed by atoms with Crippen LogP contribution in [0.3, 0.4) is 0 Å². The largest absolute Gasteiger partial charge is 0.756 e. The molecule has 0 aliphatic heterocycles. The van der Waals surface area contributed by atoms with Gasteiger partial charge < -0.3 is 27.9 Å². The van der Waals surface area contributed by atoms with Crippen molar-refractivity contribution in [3.8, 4) is 0 Å². The maximum atomic E-state index is 12.9. The lowest BCUT2D eigenvalue weighted by atomic mass is 10.0. The summed E-state index contributed by atoms with van der Waals surface area (Å²) in [6, 6.07) is 0. The summed E-state index contributed by atoms with van der Waals surface area (Å²) >= 11 is 0. The first-order chi connectivity index (χ1) is 46.0. The molecule has 10 heteroatoms. The van der Waals surface area contributed by atoms with Crippen LogP contribution in [-0.4, -0.2) is 70.0 Å². The van der Waals surface area contributed by atoms with Gasteiger partial charge in [0.25, 0.3) is 7.82 Å². The smallest absolute Gasteiger partial charge is 0.306 e. The second-order valence-electron chi connectivity index (χ2n) is 28.8. The van der Waals surface area contributed by atoms with Crippen LogP contribution in [0.1, 0.15) is 399 Å². The Morgan fingerprint density at radius 2 is 0.606 bits per heavy atom. The van der Waals surface area contributed by atoms with Gasteiger partial charge in [0.2, 0.25) is 0 Å². The first-order valence-corrected chi connectivity index (χ1v) is 42.1. The highest BCUT2D eigenvalue weighted by Gasteiger charge is 2.22. The molecular formula is C84H156NO8P. The van der Waals surface area contributed by atoms with E-state index in [4.69, 9.17) is 18.5 Å². The molecule has 0 bridgehead atoms. The minimum atomic E-state index is -4.65. The fourth-order valence-corrected chi connectivity index (χ4v) is 12.8. The molecule has 0 aromatic rings. The first-order valence-electron chi connectivity index (χ1n) is 40.6. The van der Waals surface area contributed by atoms with Gasteiger partial charge in [0.05, 0.1) is 27.7 Å². The topological polar surface area (TPSA) is 111 Å². The molecule has 0 aliphatic rings. The molecule has 0 radical (unpaired) electrons. The number of allylic oxidation sites excluding steroid dienone is 12. The fraction of sp³-hybridized carbons (Fsp3) is 0.833. The van der Waals surface area contributed by atoms with Crippen LogP contribution in [0.15, 0.2) is 72.9 Å². The van der Waals surface area contributed by atoms with Crippen molar-refractivity contribution in [2.24, 2.45) is 0 Å². The van der Waals surface area contributed by atoms with Crippen LogP contribution < -0.4 is 4.89 Å². The summed E-state index contributed by atoms with van der Waals surface area (Å²) in [5, 5.41) is 0. The fourth-order valence-electron chi connectivity index (χ4n) is 12.1. The Hall–Kier alpha value is -2.55. The van der Waals surface area contributed by atoms with E-state index in [1.165, 1.54) is 283 Å². The minimum absolute atomic E-state index is 0.0325. The Morgan fingerprint density at radius 1 is 0.340 bits per heavy atom. The van der Waals surface area contributed by atoms with Gasteiger partial charge in [-0.25, -0.2) is 0 Å². The van der Waals surface area contributed by atoms with Gasteiger partial charge in [0, 0.05) is 12.8 Å². The number of hydrogen-bond acceptors (Lipinski definition) is 8. The molecule has 2 unspecified atom stereocenters. The van der Waals surface area contributed by atoms with Gasteiger partial charge in [-0.05, 0) is 64.2 Å². The highest BCUT2D eigenvalue weighted by Crippen LogP contribution is 2.38. The number of nitrogens with zero attached hydrogens (tertiary/aromatic N) is 1. The number of esters is 2. The SMILES string of the molecule is CC/C=C\C/C=C\C/C=C\C/C=C\C/C=C\C/C=C\CCCCCCCCCCCCC(=O)OC(COC(=O)CCCCCCCCCCCCCCCCCCCCCCCCCCCCCCCCCCCCCCCCCCC)COP(=O)([O-])OCC[N+](C)(C)C. The molecule has 94 heavy (non-hydrogen) atoms. The zero-order chi connectivity index (χ0) is 68.3. The van der Waals surface area contributed by atoms with Crippen LogP contribution in [-0.2, 0) is 32.7 Å². The summed E-state index contributed by atoms with van der Waals surface area (Å²) in [5.41, 5.74) is 0. The number of phosphoric ester groups is 1. The van der Waals surface area contributed by atoms with Crippen molar-refractivity contribution in [1.82, 2.24) is 0 Å². The summed E-state index contributed by atoms with van der Waals surface area (Å²) in [5.74, 6) is -0.823. The Kier molecular flexibility index (Phi) is 72.6. The maximum Gasteiger partial charge on any atom is 0.306 e. The number of likely N-dealkylation sites (N-methyl/N-ethyl adjacent to an activating group) is 1. The lowest BCUT2D eigenvalue weighted by Gasteiger charge is -2.28. The van der Waals surface area contributed by atoms with E-state index in [0.717, 1.165) is 83.5 Å². The molecule has 0 amide bonds. The number of quaternary nitrogens is 1. The van der Waals surface area contributed by atoms with E-state index >= 15 is 0 Å². The number of carbonyl (C=O) groups is 2. The maximum absolute atomic E-state index is 12.9. The van der Waals surface area contributed by atoms with E-state index < -0.39 is 26.5 Å². The summed E-state index contributed by atoms with van der Waals surface area (Å²) < 4.78 is 34.4. The highest BCUT2D eigenvalue weighted by molar-refractivity contribution is 7.45. The molecule has 0 aromatic carbocycles. The van der Waals surface area contributed by atoms with Gasteiger partial charge in [-0.2, -0.15) is 0 Å². The predicted molar refractivity (Wildman–Crippen MR) is 406 cm³/mol. The molecule has 0 fully saturated rings. The van der Waals surface area contributed by atoms with Crippen molar-refractivity contribution in [2.45, 2.75) is 405 Å². The number of ether oxygens (including phenoxy) is 2. The average molecular weight is 1340 g/mol. The molecule has 0 heterocycles. The molecule has 0 aromatic heterocycles. The predicted octanol–water partition coefficient (Wildman–Crippen LogP) is 26.4. The molecule has 0 N–H and O–H groups in total. The van der Waals surface area contributed by atoms with E-state index in [2.05, 4.69) is 86.8 Å². The normalized spacial score (nSPS) is 13.4. The van der Waals surface area contributed by atoms with E-state index in [-0.39, 0.29) is 32.0 Å². The van der Waals surface area contributed by atoms with Crippen LogP contribution in [0.5, 0.6) is 0 Å². The standard InChI is InChI=1S/C84H156NO8P/c1-6-8-10-12-14-16-18-20-22-24-26-28-30-32-34-36-37-38-39-40-41-42-43-44-45-46-47-49-50-52-54-56-58-60-62-64-66-68-70-72-74-76-83(86)90-80-82(81-92-94(88,89)91-79-78-85(3,4)5)93-84(87)77-75-73-71-69-67-65-63-61-59-57-55-53-51-48-35-33-31-29-27-25-23-21-19-17-15-13-11-9-7-2/h9,11,15,17,21,23,27,29,33,35,51,53,82H,6-8,10,12-14,16,18-20,22,24-26,28,30-32,34,36-50,52,54-81H2,1-5H3/b11-9-,17-15-,23-21-,29-27-,35-33-,53-51-. The van der Waals surface area contributed by atoms with Crippen LogP contribution in [0, 0.1) is 0 Å². The third-order valence-corrected chi connectivity index (χ3v) is 19.2. The third kappa shape index (κ3) is 78.4. The molecule has 550 valence electrons. The lowest BCUT2D eigenvalue weighted by molar-refractivity contribution is -0.870. The molecule has 0 rings (SSSR count). The monoisotopic (exact) mass is 1340 g/mol. The zero-order valence-corrected chi connectivity index (χ0v) is 63.8.